The maximum atomic E-state index is 13.8. The van der Waals surface area contributed by atoms with Gasteiger partial charge in [-0.1, -0.05) is 6.92 Å². The van der Waals surface area contributed by atoms with Gasteiger partial charge in [0.1, 0.15) is 12.2 Å². The maximum absolute atomic E-state index is 13.8. The van der Waals surface area contributed by atoms with Crippen LogP contribution in [0.5, 0.6) is 0 Å². The number of ether oxygens (including phenoxy) is 5. The Bertz CT molecular complexity index is 1360. The third-order valence-corrected chi connectivity index (χ3v) is 10.8. The van der Waals surface area contributed by atoms with Gasteiger partial charge in [0.2, 0.25) is 5.79 Å². The molecule has 1 N–H and O–H groups in total. The lowest BCUT2D eigenvalue weighted by molar-refractivity contribution is -0.284. The Kier molecular flexibility index (Phi) is 6.57. The van der Waals surface area contributed by atoms with E-state index in [0.29, 0.717) is 17.6 Å². The molecular formula is C31H38O11. The number of rotatable bonds is 5. The van der Waals surface area contributed by atoms with E-state index < -0.39 is 70.3 Å². The Hall–Kier alpha value is -3.02. The van der Waals surface area contributed by atoms with E-state index in [1.54, 1.807) is 12.5 Å². The number of Topliss-reactive ketones (excluding diaryl/α,β-unsaturated/α-hetero) is 1. The van der Waals surface area contributed by atoms with Crippen molar-refractivity contribution in [1.82, 2.24) is 0 Å². The number of aliphatic hydroxyl groups excluding tert-OH is 1. The Balaban J connectivity index is 1.66. The average molecular weight is 587 g/mol. The molecule has 0 bridgehead atoms. The number of hydrogen-bond acceptors (Lipinski definition) is 11. The molecule has 3 heterocycles. The van der Waals surface area contributed by atoms with Crippen molar-refractivity contribution >= 4 is 23.7 Å². The first-order valence-corrected chi connectivity index (χ1v) is 14.5. The molecular weight excluding hydrogens is 548 g/mol. The molecule has 0 amide bonds. The summed E-state index contributed by atoms with van der Waals surface area (Å²) < 4.78 is 35.8. The summed E-state index contributed by atoms with van der Waals surface area (Å²) in [7, 11) is 1.30. The third kappa shape index (κ3) is 3.62. The highest BCUT2D eigenvalue weighted by molar-refractivity contribution is 5.91. The number of ketones is 1. The number of fused-ring (bicyclic) bond motifs is 2. The molecule has 1 aromatic heterocycles. The predicted molar refractivity (Wildman–Crippen MR) is 142 cm³/mol. The van der Waals surface area contributed by atoms with Gasteiger partial charge in [-0.25, -0.2) is 0 Å². The number of aliphatic hydroxyl groups is 1. The van der Waals surface area contributed by atoms with Gasteiger partial charge in [0.15, 0.2) is 5.78 Å². The van der Waals surface area contributed by atoms with Crippen molar-refractivity contribution in [2.24, 2.45) is 22.7 Å². The Morgan fingerprint density at radius 1 is 1.12 bits per heavy atom. The summed E-state index contributed by atoms with van der Waals surface area (Å²) >= 11 is 0. The van der Waals surface area contributed by atoms with Crippen molar-refractivity contribution in [1.29, 1.82) is 0 Å². The minimum absolute atomic E-state index is 0.0656. The van der Waals surface area contributed by atoms with E-state index in [4.69, 9.17) is 28.1 Å². The van der Waals surface area contributed by atoms with Crippen LogP contribution in [0, 0.1) is 22.7 Å². The number of hydrogen-bond donors (Lipinski definition) is 1. The fourth-order valence-corrected chi connectivity index (χ4v) is 9.55. The van der Waals surface area contributed by atoms with Crippen LogP contribution in [-0.4, -0.2) is 72.2 Å². The molecule has 11 nitrogen and oxygen atoms in total. The number of esters is 3. The Labute approximate surface area is 243 Å². The quantitative estimate of drug-likeness (QED) is 0.308. The predicted octanol–water partition coefficient (Wildman–Crippen LogP) is 2.99. The molecule has 2 saturated carbocycles. The zero-order chi connectivity index (χ0) is 30.4. The normalized spacial score (nSPS) is 41.5. The molecule has 42 heavy (non-hydrogen) atoms. The lowest BCUT2D eigenvalue weighted by atomic mass is 9.49. The molecule has 228 valence electrons. The van der Waals surface area contributed by atoms with Crippen molar-refractivity contribution in [3.63, 3.8) is 0 Å². The van der Waals surface area contributed by atoms with Gasteiger partial charge in [-0.2, -0.15) is 0 Å². The SMILES string of the molecule is COC(=O)C[C@H]1C(C)(C)O[C@@]23OCC4=C5[C@H](O)C[C@@H](c6ccoc6)[C@]5(C)[C@@H](OC(C)=O)[C@H](OC(C)=O)[C@@H]4[C@@]12CCC3=O. The summed E-state index contributed by atoms with van der Waals surface area (Å²) in [5, 5.41) is 11.7. The molecule has 0 radical (unpaired) electrons. The van der Waals surface area contributed by atoms with E-state index in [9.17, 15) is 24.3 Å². The fourth-order valence-electron chi connectivity index (χ4n) is 9.55. The number of furan rings is 1. The number of methoxy groups -OCH3 is 1. The van der Waals surface area contributed by atoms with E-state index in [2.05, 4.69) is 0 Å². The lowest BCUT2D eigenvalue weighted by Crippen LogP contribution is -2.67. The first-order valence-electron chi connectivity index (χ1n) is 14.5. The van der Waals surface area contributed by atoms with Crippen LogP contribution in [0.2, 0.25) is 0 Å². The maximum Gasteiger partial charge on any atom is 0.305 e. The van der Waals surface area contributed by atoms with E-state index in [1.807, 2.05) is 26.8 Å². The summed E-state index contributed by atoms with van der Waals surface area (Å²) in [6.07, 6.45) is 0.719. The summed E-state index contributed by atoms with van der Waals surface area (Å²) in [5.74, 6) is -5.35. The molecule has 5 aliphatic rings. The summed E-state index contributed by atoms with van der Waals surface area (Å²) in [6, 6.07) is 1.81. The number of carbonyl (C=O) groups excluding carboxylic acids is 4. The summed E-state index contributed by atoms with van der Waals surface area (Å²) in [5.41, 5.74) is -1.09. The fraction of sp³-hybridized carbons (Fsp3) is 0.677. The molecule has 0 spiro atoms. The van der Waals surface area contributed by atoms with Gasteiger partial charge in [-0.05, 0) is 49.5 Å². The largest absolute Gasteiger partial charge is 0.472 e. The second kappa shape index (κ2) is 9.49. The molecule has 0 unspecified atom stereocenters. The molecule has 2 saturated heterocycles. The summed E-state index contributed by atoms with van der Waals surface area (Å²) in [6.45, 7) is 8.04. The van der Waals surface area contributed by atoms with Crippen LogP contribution in [0.3, 0.4) is 0 Å². The minimum Gasteiger partial charge on any atom is -0.472 e. The van der Waals surface area contributed by atoms with E-state index in [1.165, 1.54) is 21.0 Å². The molecule has 9 atom stereocenters. The Morgan fingerprint density at radius 3 is 2.45 bits per heavy atom. The van der Waals surface area contributed by atoms with Gasteiger partial charge in [-0.3, -0.25) is 19.2 Å². The van der Waals surface area contributed by atoms with Gasteiger partial charge in [-0.15, -0.1) is 0 Å². The van der Waals surface area contributed by atoms with Gasteiger partial charge in [0.05, 0.1) is 44.4 Å². The molecule has 11 heteroatoms. The molecule has 1 aromatic rings. The standard InChI is InChI=1S/C31H38O11/c1-15(32)40-26-25-18(24-20(34)11-19(17-8-10-38-13-17)29(24,5)27(26)41-16(2)33)14-39-31-22(35)7-9-30(25,31)21(12-23(36)37-6)28(3,4)42-31/h8,10,13,19-21,25-27,34H,7,9,11-12,14H2,1-6H3/t19-,20+,21-,25+,26+,27-,29-,30+,31+/m0/s1. The highest BCUT2D eigenvalue weighted by Crippen LogP contribution is 2.74. The van der Waals surface area contributed by atoms with E-state index >= 15 is 0 Å². The summed E-state index contributed by atoms with van der Waals surface area (Å²) in [4.78, 5) is 52.2. The van der Waals surface area contributed by atoms with Crippen LogP contribution in [0.4, 0.5) is 0 Å². The minimum atomic E-state index is -1.72. The van der Waals surface area contributed by atoms with Gasteiger partial charge >= 0.3 is 17.9 Å². The average Bonchev–Trinajstić information content (AvgIpc) is 3.64. The van der Waals surface area contributed by atoms with Crippen LogP contribution in [0.25, 0.3) is 0 Å². The van der Waals surface area contributed by atoms with Crippen molar-refractivity contribution in [3.05, 3.63) is 35.3 Å². The zero-order valence-corrected chi connectivity index (χ0v) is 24.8. The van der Waals surface area contributed by atoms with Gasteiger partial charge in [0, 0.05) is 48.9 Å². The first kappa shape index (κ1) is 29.1. The van der Waals surface area contributed by atoms with Crippen LogP contribution < -0.4 is 0 Å². The second-order valence-corrected chi connectivity index (χ2v) is 13.1. The van der Waals surface area contributed by atoms with Crippen LogP contribution >= 0.6 is 0 Å². The Morgan fingerprint density at radius 2 is 1.83 bits per heavy atom. The van der Waals surface area contributed by atoms with Crippen molar-refractivity contribution < 1.29 is 52.4 Å². The molecule has 4 fully saturated rings. The molecule has 2 aliphatic heterocycles. The monoisotopic (exact) mass is 586 g/mol. The van der Waals surface area contributed by atoms with E-state index in [0.717, 1.165) is 5.56 Å². The first-order chi connectivity index (χ1) is 19.7. The third-order valence-electron chi connectivity index (χ3n) is 10.8. The zero-order valence-electron chi connectivity index (χ0n) is 24.8. The second-order valence-electron chi connectivity index (χ2n) is 13.1. The van der Waals surface area contributed by atoms with Crippen LogP contribution in [0.15, 0.2) is 34.2 Å². The van der Waals surface area contributed by atoms with Crippen LogP contribution in [-0.2, 0) is 42.9 Å². The van der Waals surface area contributed by atoms with Crippen LogP contribution in [0.1, 0.15) is 71.8 Å². The van der Waals surface area contributed by atoms with Gasteiger partial charge < -0.3 is 33.2 Å². The lowest BCUT2D eigenvalue weighted by Gasteiger charge is -2.59. The number of carbonyl (C=O) groups is 4. The molecule has 0 aromatic carbocycles. The smallest absolute Gasteiger partial charge is 0.305 e. The van der Waals surface area contributed by atoms with Crippen molar-refractivity contribution in [3.8, 4) is 0 Å². The molecule has 6 rings (SSSR count). The topological polar surface area (TPSA) is 148 Å². The highest BCUT2D eigenvalue weighted by atomic mass is 16.7. The van der Waals surface area contributed by atoms with Crippen molar-refractivity contribution in [2.75, 3.05) is 13.7 Å². The molecule has 3 aliphatic carbocycles. The highest BCUT2D eigenvalue weighted by Gasteiger charge is 2.82. The van der Waals surface area contributed by atoms with Crippen molar-refractivity contribution in [2.45, 2.75) is 95.9 Å². The van der Waals surface area contributed by atoms with E-state index in [-0.39, 0.29) is 37.6 Å². The van der Waals surface area contributed by atoms with Gasteiger partial charge in [0.25, 0.3) is 0 Å².